The third kappa shape index (κ3) is 3.14. The van der Waals surface area contributed by atoms with Crippen LogP contribution in [-0.4, -0.2) is 9.91 Å². The zero-order chi connectivity index (χ0) is 14.7. The summed E-state index contributed by atoms with van der Waals surface area (Å²) in [7, 11) is 0. The molecule has 1 heterocycles. The quantitative estimate of drug-likeness (QED) is 0.474. The van der Waals surface area contributed by atoms with Gasteiger partial charge in [0.15, 0.2) is 0 Å². The second kappa shape index (κ2) is 6.00. The maximum absolute atomic E-state index is 10.7. The third-order valence-electron chi connectivity index (χ3n) is 2.82. The molecule has 5 nitrogen and oxygen atoms in total. The number of aryl methyl sites for hydroxylation is 2. The maximum Gasteiger partial charge on any atom is 0.269 e. The highest BCUT2D eigenvalue weighted by atomic mass is 79.9. The smallest absolute Gasteiger partial charge is 0.269 e. The summed E-state index contributed by atoms with van der Waals surface area (Å²) in [6, 6.07) is 6.48. The first kappa shape index (κ1) is 14.5. The molecule has 0 unspecified atom stereocenters. The summed E-state index contributed by atoms with van der Waals surface area (Å²) in [6.45, 7) is 3.68. The highest BCUT2D eigenvalue weighted by molar-refractivity contribution is 9.08. The first-order valence-corrected chi connectivity index (χ1v) is 7.08. The van der Waals surface area contributed by atoms with E-state index in [9.17, 15) is 10.1 Å². The van der Waals surface area contributed by atoms with Gasteiger partial charge in [0.05, 0.1) is 4.92 Å². The molecular formula is C14H13BrN2O3. The fraction of sp³-hybridized carbons (Fsp3) is 0.214. The van der Waals surface area contributed by atoms with Crippen molar-refractivity contribution in [3.8, 4) is 11.6 Å². The SMILES string of the molecule is Cc1cc([N+](=O)[O-])ccc1Oc1ncc(CBr)cc1C. The van der Waals surface area contributed by atoms with Crippen LogP contribution in [0.5, 0.6) is 11.6 Å². The fourth-order valence-electron chi connectivity index (χ4n) is 1.77. The molecular weight excluding hydrogens is 324 g/mol. The number of alkyl halides is 1. The minimum Gasteiger partial charge on any atom is -0.438 e. The number of nitrogens with zero attached hydrogens (tertiary/aromatic N) is 2. The van der Waals surface area contributed by atoms with Gasteiger partial charge in [-0.05, 0) is 37.1 Å². The number of nitro benzene ring substituents is 1. The van der Waals surface area contributed by atoms with Crippen LogP contribution in [0.3, 0.4) is 0 Å². The van der Waals surface area contributed by atoms with Crippen molar-refractivity contribution < 1.29 is 9.66 Å². The van der Waals surface area contributed by atoms with Crippen molar-refractivity contribution in [1.29, 1.82) is 0 Å². The Kier molecular flexibility index (Phi) is 4.34. The fourth-order valence-corrected chi connectivity index (χ4v) is 2.07. The zero-order valence-electron chi connectivity index (χ0n) is 11.1. The van der Waals surface area contributed by atoms with Crippen molar-refractivity contribution in [2.45, 2.75) is 19.2 Å². The monoisotopic (exact) mass is 336 g/mol. The number of hydrogen-bond donors (Lipinski definition) is 0. The Morgan fingerprint density at radius 3 is 2.60 bits per heavy atom. The number of non-ortho nitro benzene ring substituents is 1. The lowest BCUT2D eigenvalue weighted by atomic mass is 10.2. The van der Waals surface area contributed by atoms with Gasteiger partial charge in [-0.1, -0.05) is 15.9 Å². The van der Waals surface area contributed by atoms with E-state index in [0.717, 1.165) is 16.5 Å². The molecule has 0 amide bonds. The van der Waals surface area contributed by atoms with Crippen LogP contribution in [0.1, 0.15) is 16.7 Å². The summed E-state index contributed by atoms with van der Waals surface area (Å²) in [5, 5.41) is 11.4. The lowest BCUT2D eigenvalue weighted by Crippen LogP contribution is -1.95. The molecule has 0 radical (unpaired) electrons. The van der Waals surface area contributed by atoms with E-state index in [-0.39, 0.29) is 5.69 Å². The summed E-state index contributed by atoms with van der Waals surface area (Å²) in [5.74, 6) is 1.07. The van der Waals surface area contributed by atoms with Crippen LogP contribution in [0.15, 0.2) is 30.5 Å². The predicted octanol–water partition coefficient (Wildman–Crippen LogP) is 4.29. The Morgan fingerprint density at radius 1 is 1.30 bits per heavy atom. The van der Waals surface area contributed by atoms with E-state index in [2.05, 4.69) is 20.9 Å². The van der Waals surface area contributed by atoms with E-state index in [1.54, 1.807) is 19.2 Å². The first-order chi connectivity index (χ1) is 9.51. The molecule has 2 rings (SSSR count). The number of nitro groups is 1. The average Bonchev–Trinajstić information content (AvgIpc) is 2.42. The molecule has 0 fully saturated rings. The summed E-state index contributed by atoms with van der Waals surface area (Å²) < 4.78 is 5.73. The number of benzene rings is 1. The van der Waals surface area contributed by atoms with E-state index in [4.69, 9.17) is 4.74 Å². The second-order valence-electron chi connectivity index (χ2n) is 4.41. The van der Waals surface area contributed by atoms with E-state index < -0.39 is 4.92 Å². The minimum absolute atomic E-state index is 0.0502. The van der Waals surface area contributed by atoms with Gasteiger partial charge in [-0.3, -0.25) is 10.1 Å². The van der Waals surface area contributed by atoms with Crippen LogP contribution in [0, 0.1) is 24.0 Å². The number of rotatable bonds is 4. The lowest BCUT2D eigenvalue weighted by Gasteiger charge is -2.10. The van der Waals surface area contributed by atoms with Gasteiger partial charge >= 0.3 is 0 Å². The molecule has 0 aliphatic carbocycles. The Hall–Kier alpha value is -1.95. The molecule has 0 aliphatic heterocycles. The molecule has 0 saturated carbocycles. The molecule has 0 N–H and O–H groups in total. The Balaban J connectivity index is 2.28. The molecule has 0 aliphatic rings. The van der Waals surface area contributed by atoms with Crippen molar-refractivity contribution in [1.82, 2.24) is 4.98 Å². The summed E-state index contributed by atoms with van der Waals surface area (Å²) in [5.41, 5.74) is 2.73. The molecule has 0 spiro atoms. The van der Waals surface area contributed by atoms with Crippen molar-refractivity contribution in [3.63, 3.8) is 0 Å². The van der Waals surface area contributed by atoms with Crippen molar-refractivity contribution in [2.24, 2.45) is 0 Å². The molecule has 104 valence electrons. The largest absolute Gasteiger partial charge is 0.438 e. The zero-order valence-corrected chi connectivity index (χ0v) is 12.7. The lowest BCUT2D eigenvalue weighted by molar-refractivity contribution is -0.384. The molecule has 1 aromatic heterocycles. The molecule has 0 bridgehead atoms. The van der Waals surface area contributed by atoms with Crippen LogP contribution in [0.25, 0.3) is 0 Å². The summed E-state index contributed by atoms with van der Waals surface area (Å²) in [4.78, 5) is 14.5. The number of hydrogen-bond acceptors (Lipinski definition) is 4. The van der Waals surface area contributed by atoms with Gasteiger partial charge in [0.25, 0.3) is 5.69 Å². The highest BCUT2D eigenvalue weighted by Crippen LogP contribution is 2.29. The van der Waals surface area contributed by atoms with Gasteiger partial charge in [-0.2, -0.15) is 0 Å². The van der Waals surface area contributed by atoms with E-state index in [0.29, 0.717) is 17.2 Å². The molecule has 1 aromatic carbocycles. The van der Waals surface area contributed by atoms with Gasteiger partial charge in [0.1, 0.15) is 5.75 Å². The Labute approximate surface area is 124 Å². The number of aromatic nitrogens is 1. The summed E-state index contributed by atoms with van der Waals surface area (Å²) in [6.07, 6.45) is 1.73. The van der Waals surface area contributed by atoms with Crippen molar-refractivity contribution in [3.05, 3.63) is 57.3 Å². The first-order valence-electron chi connectivity index (χ1n) is 5.95. The second-order valence-corrected chi connectivity index (χ2v) is 4.97. The standard InChI is InChI=1S/C14H13BrN2O3/c1-9-6-12(17(18)19)3-4-13(9)20-14-10(2)5-11(7-15)8-16-14/h3-6,8H,7H2,1-2H3. The molecule has 20 heavy (non-hydrogen) atoms. The molecule has 2 aromatic rings. The van der Waals surface area contributed by atoms with Crippen molar-refractivity contribution in [2.75, 3.05) is 0 Å². The maximum atomic E-state index is 10.7. The Bertz CT molecular complexity index is 659. The summed E-state index contributed by atoms with van der Waals surface area (Å²) >= 11 is 3.37. The van der Waals surface area contributed by atoms with Gasteiger partial charge < -0.3 is 4.74 Å². The highest BCUT2D eigenvalue weighted by Gasteiger charge is 2.11. The van der Waals surface area contributed by atoms with E-state index in [1.807, 2.05) is 13.0 Å². The van der Waals surface area contributed by atoms with E-state index in [1.165, 1.54) is 12.1 Å². The average molecular weight is 337 g/mol. The molecule has 6 heteroatoms. The van der Waals surface area contributed by atoms with Gasteiger partial charge in [-0.15, -0.1) is 0 Å². The van der Waals surface area contributed by atoms with E-state index >= 15 is 0 Å². The Morgan fingerprint density at radius 2 is 2.05 bits per heavy atom. The third-order valence-corrected chi connectivity index (χ3v) is 3.46. The number of ether oxygens (including phenoxy) is 1. The predicted molar refractivity (Wildman–Crippen MR) is 79.5 cm³/mol. The van der Waals surface area contributed by atoms with Crippen LogP contribution in [0.2, 0.25) is 0 Å². The molecule has 0 atom stereocenters. The van der Waals surface area contributed by atoms with Crippen LogP contribution in [0.4, 0.5) is 5.69 Å². The van der Waals surface area contributed by atoms with Gasteiger partial charge in [0.2, 0.25) is 5.88 Å². The van der Waals surface area contributed by atoms with Gasteiger partial charge in [0, 0.05) is 29.2 Å². The van der Waals surface area contributed by atoms with Gasteiger partial charge in [-0.25, -0.2) is 4.98 Å². The molecule has 0 saturated heterocycles. The van der Waals surface area contributed by atoms with Crippen LogP contribution in [-0.2, 0) is 5.33 Å². The van der Waals surface area contributed by atoms with Crippen LogP contribution >= 0.6 is 15.9 Å². The normalized spacial score (nSPS) is 10.3. The minimum atomic E-state index is -0.426. The number of pyridine rings is 1. The number of halogens is 1. The topological polar surface area (TPSA) is 65.3 Å². The van der Waals surface area contributed by atoms with Crippen molar-refractivity contribution >= 4 is 21.6 Å². The van der Waals surface area contributed by atoms with Crippen LogP contribution < -0.4 is 4.74 Å².